The van der Waals surface area contributed by atoms with Gasteiger partial charge in [0.2, 0.25) is 5.91 Å². The lowest BCUT2D eigenvalue weighted by atomic mass is 9.97. The number of aromatic nitrogens is 2. The summed E-state index contributed by atoms with van der Waals surface area (Å²) in [6.45, 7) is 3.65. The lowest BCUT2D eigenvalue weighted by Gasteiger charge is -2.21. The minimum absolute atomic E-state index is 0.0870. The average Bonchev–Trinajstić information content (AvgIpc) is 2.70. The van der Waals surface area contributed by atoms with Crippen LogP contribution in [0.2, 0.25) is 0 Å². The summed E-state index contributed by atoms with van der Waals surface area (Å²) in [4.78, 5) is 33.2. The summed E-state index contributed by atoms with van der Waals surface area (Å²) in [5.41, 5.74) is 6.92. The van der Waals surface area contributed by atoms with Gasteiger partial charge in [0, 0.05) is 25.2 Å². The molecule has 1 fully saturated rings. The number of rotatable bonds is 4. The van der Waals surface area contributed by atoms with Gasteiger partial charge in [-0.3, -0.25) is 4.79 Å². The van der Waals surface area contributed by atoms with Gasteiger partial charge in [-0.1, -0.05) is 0 Å². The molecule has 1 atom stereocenters. The van der Waals surface area contributed by atoms with Crippen molar-refractivity contribution < 1.29 is 9.59 Å². The molecule has 1 aliphatic heterocycles. The number of urea groups is 1. The van der Waals surface area contributed by atoms with E-state index in [0.29, 0.717) is 32.0 Å². The molecular formula is C15H23N5O2. The third-order valence-corrected chi connectivity index (χ3v) is 3.91. The van der Waals surface area contributed by atoms with Crippen LogP contribution in [0, 0.1) is 12.8 Å². The van der Waals surface area contributed by atoms with Crippen molar-refractivity contribution in [2.75, 3.05) is 13.1 Å². The van der Waals surface area contributed by atoms with Gasteiger partial charge in [-0.05, 0) is 38.2 Å². The van der Waals surface area contributed by atoms with E-state index in [1.807, 2.05) is 13.0 Å². The SMILES string of the molecule is Cc1cc(CNC(=O)N2CCCC(CC(N)=O)CC2)ncn1. The van der Waals surface area contributed by atoms with E-state index in [9.17, 15) is 9.59 Å². The van der Waals surface area contributed by atoms with Gasteiger partial charge < -0.3 is 16.0 Å². The molecule has 22 heavy (non-hydrogen) atoms. The average molecular weight is 305 g/mol. The number of nitrogens with zero attached hydrogens (tertiary/aromatic N) is 3. The van der Waals surface area contributed by atoms with Crippen molar-refractivity contribution in [3.05, 3.63) is 23.8 Å². The Bertz CT molecular complexity index is 534. The standard InChI is InChI=1S/C15H23N5O2/c1-11-7-13(19-10-18-11)9-17-15(22)20-5-2-3-12(4-6-20)8-14(16)21/h7,10,12H,2-6,8-9H2,1H3,(H2,16,21)(H,17,22). The molecule has 1 aliphatic rings. The highest BCUT2D eigenvalue weighted by molar-refractivity contribution is 5.74. The van der Waals surface area contributed by atoms with Gasteiger partial charge in [0.05, 0.1) is 12.2 Å². The van der Waals surface area contributed by atoms with Crippen LogP contribution in [0.3, 0.4) is 0 Å². The first-order valence-electron chi connectivity index (χ1n) is 7.63. The predicted molar refractivity (Wildman–Crippen MR) is 81.7 cm³/mol. The van der Waals surface area contributed by atoms with E-state index < -0.39 is 0 Å². The highest BCUT2D eigenvalue weighted by Crippen LogP contribution is 2.20. The molecular weight excluding hydrogens is 282 g/mol. The number of carbonyl (C=O) groups excluding carboxylic acids is 2. The smallest absolute Gasteiger partial charge is 0.317 e. The lowest BCUT2D eigenvalue weighted by molar-refractivity contribution is -0.119. The molecule has 3 amide bonds. The summed E-state index contributed by atoms with van der Waals surface area (Å²) >= 11 is 0. The minimum Gasteiger partial charge on any atom is -0.370 e. The summed E-state index contributed by atoms with van der Waals surface area (Å²) in [7, 11) is 0. The lowest BCUT2D eigenvalue weighted by Crippen LogP contribution is -2.40. The number of hydrogen-bond donors (Lipinski definition) is 2. The number of likely N-dealkylation sites (tertiary alicyclic amines) is 1. The number of nitrogens with two attached hydrogens (primary N) is 1. The maximum Gasteiger partial charge on any atom is 0.317 e. The van der Waals surface area contributed by atoms with Crippen LogP contribution < -0.4 is 11.1 Å². The number of aryl methyl sites for hydroxylation is 1. The monoisotopic (exact) mass is 305 g/mol. The second-order valence-electron chi connectivity index (χ2n) is 5.76. The van der Waals surface area contributed by atoms with Crippen molar-refractivity contribution in [1.82, 2.24) is 20.2 Å². The van der Waals surface area contributed by atoms with Gasteiger partial charge in [-0.15, -0.1) is 0 Å². The van der Waals surface area contributed by atoms with E-state index in [0.717, 1.165) is 30.7 Å². The molecule has 0 aromatic carbocycles. The summed E-state index contributed by atoms with van der Waals surface area (Å²) < 4.78 is 0. The molecule has 1 aromatic heterocycles. The highest BCUT2D eigenvalue weighted by atomic mass is 16.2. The topological polar surface area (TPSA) is 101 Å². The fraction of sp³-hybridized carbons (Fsp3) is 0.600. The van der Waals surface area contributed by atoms with Crippen molar-refractivity contribution in [3.63, 3.8) is 0 Å². The molecule has 0 aliphatic carbocycles. The van der Waals surface area contributed by atoms with Crippen LogP contribution in [-0.4, -0.2) is 39.9 Å². The van der Waals surface area contributed by atoms with E-state index in [4.69, 9.17) is 5.73 Å². The molecule has 0 saturated carbocycles. The van der Waals surface area contributed by atoms with Gasteiger partial charge in [0.1, 0.15) is 6.33 Å². The molecule has 2 rings (SSSR count). The molecule has 1 saturated heterocycles. The van der Waals surface area contributed by atoms with Crippen molar-refractivity contribution in [2.24, 2.45) is 11.7 Å². The predicted octanol–water partition coefficient (Wildman–Crippen LogP) is 0.972. The summed E-state index contributed by atoms with van der Waals surface area (Å²) in [6.07, 6.45) is 4.58. The van der Waals surface area contributed by atoms with E-state index in [2.05, 4.69) is 15.3 Å². The first kappa shape index (κ1) is 16.2. The van der Waals surface area contributed by atoms with Crippen molar-refractivity contribution in [2.45, 2.75) is 39.2 Å². The number of primary amides is 1. The molecule has 0 bridgehead atoms. The Morgan fingerprint density at radius 3 is 2.91 bits per heavy atom. The normalized spacial score (nSPS) is 18.6. The number of nitrogens with one attached hydrogen (secondary N) is 1. The third-order valence-electron chi connectivity index (χ3n) is 3.91. The Balaban J connectivity index is 1.81. The summed E-state index contributed by atoms with van der Waals surface area (Å²) in [5, 5.41) is 2.88. The zero-order chi connectivity index (χ0) is 15.9. The number of amides is 3. The molecule has 0 radical (unpaired) electrons. The van der Waals surface area contributed by atoms with Crippen molar-refractivity contribution in [1.29, 1.82) is 0 Å². The Kier molecular flexibility index (Phi) is 5.68. The summed E-state index contributed by atoms with van der Waals surface area (Å²) in [5.74, 6) is 0.0295. The van der Waals surface area contributed by atoms with Crippen LogP contribution in [0.25, 0.3) is 0 Å². The van der Waals surface area contributed by atoms with Crippen LogP contribution in [0.5, 0.6) is 0 Å². The van der Waals surface area contributed by atoms with Gasteiger partial charge in [0.25, 0.3) is 0 Å². The van der Waals surface area contributed by atoms with E-state index in [1.165, 1.54) is 6.33 Å². The molecule has 1 aromatic rings. The third kappa shape index (κ3) is 4.98. The van der Waals surface area contributed by atoms with Gasteiger partial charge >= 0.3 is 6.03 Å². The molecule has 7 nitrogen and oxygen atoms in total. The fourth-order valence-electron chi connectivity index (χ4n) is 2.74. The van der Waals surface area contributed by atoms with Gasteiger partial charge in [-0.25, -0.2) is 14.8 Å². The Labute approximate surface area is 130 Å². The van der Waals surface area contributed by atoms with E-state index in [1.54, 1.807) is 4.90 Å². The minimum atomic E-state index is -0.262. The zero-order valence-electron chi connectivity index (χ0n) is 12.9. The molecule has 3 N–H and O–H groups in total. The molecule has 120 valence electrons. The quantitative estimate of drug-likeness (QED) is 0.865. The highest BCUT2D eigenvalue weighted by Gasteiger charge is 2.21. The maximum atomic E-state index is 12.2. The Morgan fingerprint density at radius 1 is 1.36 bits per heavy atom. The van der Waals surface area contributed by atoms with Crippen LogP contribution in [0.15, 0.2) is 12.4 Å². The first-order valence-corrected chi connectivity index (χ1v) is 7.63. The fourth-order valence-corrected chi connectivity index (χ4v) is 2.74. The van der Waals surface area contributed by atoms with Crippen molar-refractivity contribution >= 4 is 11.9 Å². The van der Waals surface area contributed by atoms with E-state index >= 15 is 0 Å². The second kappa shape index (κ2) is 7.72. The second-order valence-corrected chi connectivity index (χ2v) is 5.76. The molecule has 2 heterocycles. The van der Waals surface area contributed by atoms with Crippen molar-refractivity contribution in [3.8, 4) is 0 Å². The zero-order valence-corrected chi connectivity index (χ0v) is 12.9. The molecule has 7 heteroatoms. The molecule has 1 unspecified atom stereocenters. The van der Waals surface area contributed by atoms with Crippen LogP contribution >= 0.6 is 0 Å². The van der Waals surface area contributed by atoms with E-state index in [-0.39, 0.29) is 11.9 Å². The first-order chi connectivity index (χ1) is 10.5. The Morgan fingerprint density at radius 2 is 2.18 bits per heavy atom. The van der Waals surface area contributed by atoms with Crippen LogP contribution in [-0.2, 0) is 11.3 Å². The van der Waals surface area contributed by atoms with Crippen LogP contribution in [0.1, 0.15) is 37.1 Å². The van der Waals surface area contributed by atoms with Gasteiger partial charge in [0.15, 0.2) is 0 Å². The molecule has 0 spiro atoms. The number of carbonyl (C=O) groups is 2. The van der Waals surface area contributed by atoms with Crippen LogP contribution in [0.4, 0.5) is 4.79 Å². The Hall–Kier alpha value is -2.18. The summed E-state index contributed by atoms with van der Waals surface area (Å²) in [6, 6.07) is 1.77. The number of hydrogen-bond acceptors (Lipinski definition) is 4. The maximum absolute atomic E-state index is 12.2. The van der Waals surface area contributed by atoms with Gasteiger partial charge in [-0.2, -0.15) is 0 Å². The largest absolute Gasteiger partial charge is 0.370 e.